The van der Waals surface area contributed by atoms with Crippen LogP contribution in [-0.4, -0.2) is 66.1 Å². The zero-order chi connectivity index (χ0) is 21.3. The van der Waals surface area contributed by atoms with Crippen LogP contribution in [0.4, 0.5) is 0 Å². The first-order chi connectivity index (χ1) is 14.4. The molecule has 0 bridgehead atoms. The molecule has 10 heteroatoms. The van der Waals surface area contributed by atoms with Crippen LogP contribution in [0.5, 0.6) is 5.75 Å². The van der Waals surface area contributed by atoms with Gasteiger partial charge in [-0.2, -0.15) is 4.31 Å². The summed E-state index contributed by atoms with van der Waals surface area (Å²) in [6, 6.07) is 12.3. The number of ether oxygens (including phenoxy) is 1. The quantitative estimate of drug-likeness (QED) is 0.585. The molecule has 8 nitrogen and oxygen atoms in total. The van der Waals surface area contributed by atoms with Gasteiger partial charge < -0.3 is 14.6 Å². The van der Waals surface area contributed by atoms with Crippen LogP contribution in [0.25, 0.3) is 11.0 Å². The molecule has 3 aromatic rings. The molecule has 1 aliphatic heterocycles. The fraction of sp³-hybridized carbons (Fsp3) is 0.300. The van der Waals surface area contributed by atoms with E-state index in [1.54, 1.807) is 36.3 Å². The van der Waals surface area contributed by atoms with E-state index in [9.17, 15) is 13.2 Å². The molecule has 0 spiro atoms. The van der Waals surface area contributed by atoms with Crippen LogP contribution >= 0.6 is 11.8 Å². The van der Waals surface area contributed by atoms with Crippen LogP contribution in [0.15, 0.2) is 52.5 Å². The van der Waals surface area contributed by atoms with Crippen molar-refractivity contribution < 1.29 is 17.9 Å². The van der Waals surface area contributed by atoms with Gasteiger partial charge in [0.05, 0.1) is 35.5 Å². The molecule has 2 aromatic carbocycles. The number of nitrogens with zero attached hydrogens (tertiary/aromatic N) is 3. The second kappa shape index (κ2) is 8.29. The van der Waals surface area contributed by atoms with Crippen molar-refractivity contribution in [2.45, 2.75) is 17.0 Å². The lowest BCUT2D eigenvalue weighted by Gasteiger charge is -2.18. The van der Waals surface area contributed by atoms with Gasteiger partial charge in [0.15, 0.2) is 5.16 Å². The minimum absolute atomic E-state index is 0.0624. The monoisotopic (exact) mass is 446 g/mol. The van der Waals surface area contributed by atoms with Gasteiger partial charge in [-0.25, -0.2) is 13.4 Å². The smallest absolute Gasteiger partial charge is 0.244 e. The molecule has 1 aliphatic rings. The first kappa shape index (κ1) is 20.7. The number of hydrogen-bond acceptors (Lipinski definition) is 6. The van der Waals surface area contributed by atoms with Crippen molar-refractivity contribution in [3.05, 3.63) is 48.0 Å². The maximum atomic E-state index is 12.8. The van der Waals surface area contributed by atoms with Gasteiger partial charge in [-0.05, 0) is 31.2 Å². The molecule has 1 amide bonds. The molecular weight excluding hydrogens is 424 g/mol. The Kier molecular flexibility index (Phi) is 5.72. The Morgan fingerprint density at radius 2 is 1.97 bits per heavy atom. The fourth-order valence-corrected chi connectivity index (χ4v) is 5.38. The Morgan fingerprint density at radius 3 is 2.70 bits per heavy atom. The molecule has 2 heterocycles. The predicted octanol–water partition coefficient (Wildman–Crippen LogP) is 2.46. The molecule has 0 radical (unpaired) electrons. The van der Waals surface area contributed by atoms with Gasteiger partial charge in [0, 0.05) is 19.2 Å². The van der Waals surface area contributed by atoms with E-state index in [1.807, 2.05) is 25.1 Å². The lowest BCUT2D eigenvalue weighted by atomic mass is 10.2. The highest BCUT2D eigenvalue weighted by Crippen LogP contribution is 2.24. The van der Waals surface area contributed by atoms with Crippen LogP contribution < -0.4 is 4.74 Å². The molecule has 0 saturated carbocycles. The number of aromatic nitrogens is 2. The number of sulfonamides is 1. The Labute approximate surface area is 179 Å². The van der Waals surface area contributed by atoms with E-state index in [-0.39, 0.29) is 29.8 Å². The molecule has 4 rings (SSSR count). The number of rotatable bonds is 6. The van der Waals surface area contributed by atoms with E-state index in [1.165, 1.54) is 16.1 Å². The second-order valence-corrected chi connectivity index (χ2v) is 9.91. The van der Waals surface area contributed by atoms with Gasteiger partial charge >= 0.3 is 0 Å². The van der Waals surface area contributed by atoms with Crippen LogP contribution in [0.3, 0.4) is 0 Å². The zero-order valence-corrected chi connectivity index (χ0v) is 18.3. The molecule has 158 valence electrons. The molecule has 1 aromatic heterocycles. The van der Waals surface area contributed by atoms with Crippen LogP contribution in [0.2, 0.25) is 0 Å². The molecule has 0 atom stereocenters. The summed E-state index contributed by atoms with van der Waals surface area (Å²) in [5.41, 5.74) is 2.62. The highest BCUT2D eigenvalue weighted by atomic mass is 32.2. The number of aryl methyl sites for hydroxylation is 1. The van der Waals surface area contributed by atoms with E-state index in [0.29, 0.717) is 11.7 Å². The third-order valence-electron chi connectivity index (χ3n) is 4.96. The number of thioether (sulfide) groups is 1. The summed E-state index contributed by atoms with van der Waals surface area (Å²) in [5.74, 6) is 0.778. The number of nitrogens with one attached hydrogen (secondary N) is 1. The second-order valence-electron chi connectivity index (χ2n) is 7.01. The zero-order valence-electron chi connectivity index (χ0n) is 16.7. The van der Waals surface area contributed by atoms with Crippen molar-refractivity contribution in [3.63, 3.8) is 0 Å². The van der Waals surface area contributed by atoms with Gasteiger partial charge in [0.1, 0.15) is 5.75 Å². The summed E-state index contributed by atoms with van der Waals surface area (Å²) < 4.78 is 32.1. The summed E-state index contributed by atoms with van der Waals surface area (Å²) in [5, 5.41) is 0.634. The number of imidazole rings is 1. The summed E-state index contributed by atoms with van der Waals surface area (Å²) >= 11 is 1.29. The molecule has 0 aliphatic carbocycles. The number of benzene rings is 2. The van der Waals surface area contributed by atoms with Crippen molar-refractivity contribution >= 4 is 38.7 Å². The lowest BCUT2D eigenvalue weighted by molar-refractivity contribution is -0.127. The highest BCUT2D eigenvalue weighted by Gasteiger charge is 2.33. The number of H-pyrrole nitrogens is 1. The largest absolute Gasteiger partial charge is 0.497 e. The molecular formula is C20H22N4O4S2. The number of carbonyl (C=O) groups is 1. The van der Waals surface area contributed by atoms with E-state index in [4.69, 9.17) is 4.74 Å². The van der Waals surface area contributed by atoms with Gasteiger partial charge in [-0.1, -0.05) is 29.5 Å². The maximum absolute atomic E-state index is 12.8. The van der Waals surface area contributed by atoms with E-state index in [2.05, 4.69) is 9.97 Å². The third-order valence-corrected chi connectivity index (χ3v) is 7.66. The third kappa shape index (κ3) is 4.16. The summed E-state index contributed by atoms with van der Waals surface area (Å²) in [7, 11) is -2.01. The van der Waals surface area contributed by atoms with Crippen LogP contribution in [0.1, 0.15) is 5.56 Å². The SMILES string of the molecule is COc1ccc2nc(SCC(=O)N3CCN(S(=O)(=O)c4ccc(C)cc4)C3)[nH]c2c1. The number of aromatic amines is 1. The van der Waals surface area contributed by atoms with Gasteiger partial charge in [-0.3, -0.25) is 4.79 Å². The van der Waals surface area contributed by atoms with Crippen LogP contribution in [0, 0.1) is 6.92 Å². The Morgan fingerprint density at radius 1 is 1.20 bits per heavy atom. The van der Waals surface area contributed by atoms with Gasteiger partial charge in [0.25, 0.3) is 0 Å². The van der Waals surface area contributed by atoms with Crippen molar-refractivity contribution in [1.29, 1.82) is 0 Å². The number of fused-ring (bicyclic) bond motifs is 1. The molecule has 30 heavy (non-hydrogen) atoms. The fourth-order valence-electron chi connectivity index (χ4n) is 3.21. The first-order valence-corrected chi connectivity index (χ1v) is 11.8. The standard InChI is InChI=1S/C20H22N4O4S2/c1-14-3-6-16(7-4-14)30(26,27)24-10-9-23(13-24)19(25)12-29-20-21-17-8-5-15(28-2)11-18(17)22-20/h3-8,11H,9-10,12-13H2,1-2H3,(H,21,22). The topological polar surface area (TPSA) is 95.6 Å². The van der Waals surface area contributed by atoms with Gasteiger partial charge in [0.2, 0.25) is 15.9 Å². The highest BCUT2D eigenvalue weighted by molar-refractivity contribution is 7.99. The Balaban J connectivity index is 1.37. The van der Waals surface area contributed by atoms with E-state index in [0.717, 1.165) is 22.3 Å². The molecule has 0 unspecified atom stereocenters. The number of amides is 1. The Bertz CT molecular complexity index is 1180. The first-order valence-electron chi connectivity index (χ1n) is 9.38. The maximum Gasteiger partial charge on any atom is 0.244 e. The predicted molar refractivity (Wildman–Crippen MR) is 115 cm³/mol. The summed E-state index contributed by atoms with van der Waals surface area (Å²) in [4.78, 5) is 22.0. The van der Waals surface area contributed by atoms with E-state index >= 15 is 0 Å². The molecule has 1 N–H and O–H groups in total. The number of hydrogen-bond donors (Lipinski definition) is 1. The minimum atomic E-state index is -3.61. The minimum Gasteiger partial charge on any atom is -0.497 e. The van der Waals surface area contributed by atoms with Gasteiger partial charge in [-0.15, -0.1) is 0 Å². The van der Waals surface area contributed by atoms with Crippen molar-refractivity contribution in [1.82, 2.24) is 19.2 Å². The molecule has 1 fully saturated rings. The summed E-state index contributed by atoms with van der Waals surface area (Å²) in [6.07, 6.45) is 0. The van der Waals surface area contributed by atoms with Crippen molar-refractivity contribution in [3.8, 4) is 5.75 Å². The number of methoxy groups -OCH3 is 1. The van der Waals surface area contributed by atoms with Crippen LogP contribution in [-0.2, 0) is 14.8 Å². The van der Waals surface area contributed by atoms with Crippen molar-refractivity contribution in [2.75, 3.05) is 32.6 Å². The number of carbonyl (C=O) groups excluding carboxylic acids is 1. The average molecular weight is 447 g/mol. The molecule has 1 saturated heterocycles. The van der Waals surface area contributed by atoms with Crippen molar-refractivity contribution in [2.24, 2.45) is 0 Å². The lowest BCUT2D eigenvalue weighted by Crippen LogP contribution is -2.34. The van der Waals surface area contributed by atoms with E-state index < -0.39 is 10.0 Å². The summed E-state index contributed by atoms with van der Waals surface area (Å²) in [6.45, 7) is 2.63. The average Bonchev–Trinajstić information content (AvgIpc) is 3.39. The Hall–Kier alpha value is -2.56. The normalized spacial score (nSPS) is 15.1.